The second kappa shape index (κ2) is 9.26. The van der Waals surface area contributed by atoms with Gasteiger partial charge in [0.05, 0.1) is 29.9 Å². The van der Waals surface area contributed by atoms with Gasteiger partial charge in [0.15, 0.2) is 5.78 Å². The number of benzene rings is 2. The summed E-state index contributed by atoms with van der Waals surface area (Å²) in [7, 11) is 0. The maximum atomic E-state index is 13.8. The molecule has 0 N–H and O–H groups in total. The number of nitrogens with zero attached hydrogens (tertiary/aromatic N) is 3. The van der Waals surface area contributed by atoms with Crippen molar-refractivity contribution in [3.05, 3.63) is 83.1 Å². The average molecular weight is 440 g/mol. The molecule has 3 aliphatic rings. The zero-order valence-corrected chi connectivity index (χ0v) is 19.0. The van der Waals surface area contributed by atoms with E-state index < -0.39 is 0 Å². The van der Waals surface area contributed by atoms with E-state index in [1.807, 2.05) is 47.5 Å². The van der Waals surface area contributed by atoms with Gasteiger partial charge in [0, 0.05) is 31.2 Å². The van der Waals surface area contributed by atoms with Gasteiger partial charge in [-0.1, -0.05) is 67.6 Å². The Balaban J connectivity index is 1.56. The zero-order chi connectivity index (χ0) is 22.8. The fraction of sp³-hybridized carbons (Fsp3) is 0.357. The van der Waals surface area contributed by atoms with Crippen molar-refractivity contribution in [2.75, 3.05) is 6.54 Å². The minimum absolute atomic E-state index is 0.126. The van der Waals surface area contributed by atoms with Gasteiger partial charge in [0.2, 0.25) is 5.91 Å². The van der Waals surface area contributed by atoms with E-state index >= 15 is 0 Å². The Morgan fingerprint density at radius 3 is 2.39 bits per heavy atom. The van der Waals surface area contributed by atoms with Crippen LogP contribution in [0.4, 0.5) is 0 Å². The molecule has 3 atom stereocenters. The summed E-state index contributed by atoms with van der Waals surface area (Å²) in [5.41, 5.74) is 4.63. The molecule has 0 radical (unpaired) electrons. The Morgan fingerprint density at radius 2 is 1.67 bits per heavy atom. The van der Waals surface area contributed by atoms with Crippen molar-refractivity contribution < 1.29 is 9.59 Å². The quantitative estimate of drug-likeness (QED) is 0.692. The van der Waals surface area contributed by atoms with Gasteiger partial charge in [0.25, 0.3) is 0 Å². The lowest BCUT2D eigenvalue weighted by atomic mass is 9.75. The van der Waals surface area contributed by atoms with E-state index in [4.69, 9.17) is 4.99 Å². The number of carbonyl (C=O) groups excluding carboxylic acids is 2. The first-order valence-corrected chi connectivity index (χ1v) is 11.8. The third-order valence-electron chi connectivity index (χ3n) is 7.04. The molecule has 0 aromatic heterocycles. The van der Waals surface area contributed by atoms with Gasteiger partial charge >= 0.3 is 0 Å². The SMILES string of the molecule is CC1CCC(=O)N(Cc2ccccc2)C1C1=NC2=C(CN=CC2)C(=O)C1Cc1ccccc1. The summed E-state index contributed by atoms with van der Waals surface area (Å²) in [6.45, 7) is 3.13. The van der Waals surface area contributed by atoms with Crippen molar-refractivity contribution >= 4 is 23.6 Å². The molecule has 3 unspecified atom stereocenters. The molecule has 0 saturated carbocycles. The average Bonchev–Trinajstić information content (AvgIpc) is 2.85. The maximum Gasteiger partial charge on any atom is 0.223 e. The van der Waals surface area contributed by atoms with Gasteiger partial charge in [-0.2, -0.15) is 0 Å². The lowest BCUT2D eigenvalue weighted by Crippen LogP contribution is -2.55. The first kappa shape index (κ1) is 21.5. The molecule has 2 aromatic rings. The van der Waals surface area contributed by atoms with Crippen molar-refractivity contribution in [3.63, 3.8) is 0 Å². The summed E-state index contributed by atoms with van der Waals surface area (Å²) in [5.74, 6) is 0.132. The Morgan fingerprint density at radius 1 is 0.970 bits per heavy atom. The first-order chi connectivity index (χ1) is 16.1. The Labute approximate surface area is 194 Å². The number of allylic oxidation sites excluding steroid dienone is 1. The summed E-state index contributed by atoms with van der Waals surface area (Å²) in [4.78, 5) is 38.4. The number of amides is 1. The van der Waals surface area contributed by atoms with Crippen LogP contribution in [-0.4, -0.2) is 41.1 Å². The molecule has 0 bridgehead atoms. The predicted molar refractivity (Wildman–Crippen MR) is 130 cm³/mol. The van der Waals surface area contributed by atoms with Crippen LogP contribution < -0.4 is 0 Å². The number of hydrogen-bond acceptors (Lipinski definition) is 4. The van der Waals surface area contributed by atoms with Crippen LogP contribution in [0.15, 0.2) is 81.9 Å². The topological polar surface area (TPSA) is 62.1 Å². The van der Waals surface area contributed by atoms with Gasteiger partial charge in [0.1, 0.15) is 0 Å². The van der Waals surface area contributed by atoms with Gasteiger partial charge in [-0.05, 0) is 29.9 Å². The maximum absolute atomic E-state index is 13.8. The van der Waals surface area contributed by atoms with Crippen LogP contribution in [0.5, 0.6) is 0 Å². The highest BCUT2D eigenvalue weighted by molar-refractivity contribution is 6.18. The second-order valence-electron chi connectivity index (χ2n) is 9.26. The van der Waals surface area contributed by atoms with E-state index in [0.29, 0.717) is 32.4 Å². The van der Waals surface area contributed by atoms with Gasteiger partial charge in [-0.3, -0.25) is 19.6 Å². The standard InChI is InChI=1S/C28H29N3O2/c1-19-12-13-25(32)31(18-21-10-6-3-7-11-21)27(19)26-22(16-20-8-4-2-5-9-20)28(33)23-17-29-15-14-24(23)30-26/h2-11,15,19,22,27H,12-14,16-18H2,1H3. The molecule has 3 aliphatic heterocycles. The minimum atomic E-state index is -0.365. The number of likely N-dealkylation sites (tertiary alicyclic amines) is 1. The molecule has 1 saturated heterocycles. The first-order valence-electron chi connectivity index (χ1n) is 11.8. The number of rotatable bonds is 5. The monoisotopic (exact) mass is 439 g/mol. The van der Waals surface area contributed by atoms with E-state index in [1.165, 1.54) is 0 Å². The van der Waals surface area contributed by atoms with E-state index in [0.717, 1.165) is 34.5 Å². The fourth-order valence-electron chi connectivity index (χ4n) is 5.29. The second-order valence-corrected chi connectivity index (χ2v) is 9.26. The molecule has 5 heteroatoms. The highest BCUT2D eigenvalue weighted by Crippen LogP contribution is 2.35. The number of aliphatic imine (C=N–C) groups is 2. The Bertz CT molecular complexity index is 1130. The van der Waals surface area contributed by atoms with Crippen LogP contribution in [-0.2, 0) is 22.6 Å². The molecule has 1 amide bonds. The summed E-state index contributed by atoms with van der Waals surface area (Å²) >= 11 is 0. The van der Waals surface area contributed by atoms with Crippen molar-refractivity contribution in [2.45, 2.75) is 45.2 Å². The summed E-state index contributed by atoms with van der Waals surface area (Å²) in [5, 5.41) is 0. The molecule has 3 heterocycles. The van der Waals surface area contributed by atoms with Crippen molar-refractivity contribution in [1.29, 1.82) is 0 Å². The van der Waals surface area contributed by atoms with Gasteiger partial charge in [-0.15, -0.1) is 0 Å². The molecule has 168 valence electrons. The normalized spacial score (nSPS) is 25.2. The lowest BCUT2D eigenvalue weighted by molar-refractivity contribution is -0.137. The largest absolute Gasteiger partial charge is 0.330 e. The molecule has 0 aliphatic carbocycles. The lowest BCUT2D eigenvalue weighted by Gasteiger charge is -2.43. The number of piperidine rings is 1. The summed E-state index contributed by atoms with van der Waals surface area (Å²) in [6, 6.07) is 20.0. The molecular weight excluding hydrogens is 410 g/mol. The zero-order valence-electron chi connectivity index (χ0n) is 19.0. The molecule has 33 heavy (non-hydrogen) atoms. The third kappa shape index (κ3) is 4.32. The van der Waals surface area contributed by atoms with Crippen LogP contribution in [0.25, 0.3) is 0 Å². The summed E-state index contributed by atoms with van der Waals surface area (Å²) in [6.07, 6.45) is 4.37. The number of dihydropyridines is 1. The highest BCUT2D eigenvalue weighted by atomic mass is 16.2. The van der Waals surface area contributed by atoms with Crippen molar-refractivity contribution in [2.24, 2.45) is 21.8 Å². The molecular formula is C28H29N3O2. The van der Waals surface area contributed by atoms with Crippen LogP contribution in [0.1, 0.15) is 37.3 Å². The molecule has 0 spiro atoms. The molecule has 1 fully saturated rings. The third-order valence-corrected chi connectivity index (χ3v) is 7.04. The highest BCUT2D eigenvalue weighted by Gasteiger charge is 2.44. The van der Waals surface area contributed by atoms with Gasteiger partial charge in [-0.25, -0.2) is 0 Å². The fourth-order valence-corrected chi connectivity index (χ4v) is 5.29. The van der Waals surface area contributed by atoms with Gasteiger partial charge < -0.3 is 4.90 Å². The number of Topliss-reactive ketones (excluding diaryl/α,β-unsaturated/α-hetero) is 1. The van der Waals surface area contributed by atoms with E-state index in [2.05, 4.69) is 36.2 Å². The molecule has 2 aromatic carbocycles. The van der Waals surface area contributed by atoms with E-state index in [9.17, 15) is 9.59 Å². The smallest absolute Gasteiger partial charge is 0.223 e. The van der Waals surface area contributed by atoms with E-state index in [1.54, 1.807) is 0 Å². The van der Waals surface area contributed by atoms with Crippen molar-refractivity contribution in [1.82, 2.24) is 4.90 Å². The van der Waals surface area contributed by atoms with Crippen LogP contribution in [0.2, 0.25) is 0 Å². The Hall–Kier alpha value is -3.34. The molecule has 5 rings (SSSR count). The molecule has 5 nitrogen and oxygen atoms in total. The van der Waals surface area contributed by atoms with E-state index in [-0.39, 0.29) is 29.6 Å². The number of carbonyl (C=O) groups is 2. The van der Waals surface area contributed by atoms with Crippen LogP contribution in [0.3, 0.4) is 0 Å². The van der Waals surface area contributed by atoms with Crippen molar-refractivity contribution in [3.8, 4) is 0 Å². The summed E-state index contributed by atoms with van der Waals surface area (Å²) < 4.78 is 0. The Kier molecular flexibility index (Phi) is 6.03. The van der Waals surface area contributed by atoms with Crippen LogP contribution >= 0.6 is 0 Å². The number of hydrogen-bond donors (Lipinski definition) is 0. The predicted octanol–water partition coefficient (Wildman–Crippen LogP) is 4.42. The minimum Gasteiger partial charge on any atom is -0.330 e. The van der Waals surface area contributed by atoms with Crippen LogP contribution in [0, 0.1) is 11.8 Å². The number of ketones is 1.